The number of carbonyl (C=O) groups excluding carboxylic acids is 1. The molecule has 0 spiro atoms. The predicted molar refractivity (Wildman–Crippen MR) is 151 cm³/mol. The summed E-state index contributed by atoms with van der Waals surface area (Å²) in [5.74, 6) is 0.818. The molecule has 6 nitrogen and oxygen atoms in total. The van der Waals surface area contributed by atoms with Crippen LogP contribution < -0.4 is 15.1 Å². The van der Waals surface area contributed by atoms with Crippen LogP contribution in [-0.4, -0.2) is 45.0 Å². The fourth-order valence-electron chi connectivity index (χ4n) is 4.00. The summed E-state index contributed by atoms with van der Waals surface area (Å²) in [5, 5.41) is 5.35. The van der Waals surface area contributed by atoms with Crippen molar-refractivity contribution in [1.82, 2.24) is 5.43 Å². The van der Waals surface area contributed by atoms with Crippen LogP contribution in [0, 0.1) is 0 Å². The van der Waals surface area contributed by atoms with Crippen LogP contribution >= 0.6 is 11.3 Å². The number of benzene rings is 1. The Bertz CT molecular complexity index is 1020. The Balaban J connectivity index is 1.48. The molecule has 7 heteroatoms. The molecule has 198 valence electrons. The highest BCUT2D eigenvalue weighted by molar-refractivity contribution is 7.17. The molecule has 0 bridgehead atoms. The quantitative estimate of drug-likeness (QED) is 0.206. The van der Waals surface area contributed by atoms with E-state index in [-0.39, 0.29) is 16.7 Å². The van der Waals surface area contributed by atoms with Gasteiger partial charge >= 0.3 is 0 Å². The Hall–Kier alpha value is -2.38. The molecule has 1 saturated heterocycles. The Morgan fingerprint density at radius 3 is 2.53 bits per heavy atom. The van der Waals surface area contributed by atoms with Crippen LogP contribution in [0.25, 0.3) is 0 Å². The monoisotopic (exact) mass is 513 g/mol. The lowest BCUT2D eigenvalue weighted by atomic mass is 9.76. The number of nitrogens with zero attached hydrogens (tertiary/aromatic N) is 2. The molecule has 1 aliphatic rings. The fraction of sp³-hybridized carbons (Fsp3) is 0.586. The van der Waals surface area contributed by atoms with Crippen molar-refractivity contribution in [3.05, 3.63) is 46.3 Å². The van der Waals surface area contributed by atoms with Crippen LogP contribution in [0.4, 0.5) is 5.00 Å². The Kier molecular flexibility index (Phi) is 9.97. The number of ether oxygens (including phenoxy) is 2. The van der Waals surface area contributed by atoms with Crippen molar-refractivity contribution in [3.8, 4) is 5.75 Å². The lowest BCUT2D eigenvalue weighted by Gasteiger charge is -2.30. The number of anilines is 1. The average Bonchev–Trinajstić information content (AvgIpc) is 3.36. The normalized spacial score (nSPS) is 14.9. The van der Waals surface area contributed by atoms with Gasteiger partial charge in [-0.3, -0.25) is 4.79 Å². The number of morpholine rings is 1. The number of hydrazone groups is 1. The molecule has 1 amide bonds. The van der Waals surface area contributed by atoms with Crippen LogP contribution in [0.5, 0.6) is 5.75 Å². The van der Waals surface area contributed by atoms with Gasteiger partial charge in [-0.1, -0.05) is 53.7 Å². The van der Waals surface area contributed by atoms with Gasteiger partial charge in [0.05, 0.1) is 31.0 Å². The van der Waals surface area contributed by atoms with Gasteiger partial charge in [-0.05, 0) is 53.9 Å². The smallest absolute Gasteiger partial charge is 0.240 e. The van der Waals surface area contributed by atoms with E-state index in [0.29, 0.717) is 19.4 Å². The zero-order valence-corrected chi connectivity index (χ0v) is 23.7. The maximum atomic E-state index is 12.3. The van der Waals surface area contributed by atoms with Crippen molar-refractivity contribution in [3.63, 3.8) is 0 Å². The second kappa shape index (κ2) is 12.7. The summed E-state index contributed by atoms with van der Waals surface area (Å²) >= 11 is 1.67. The summed E-state index contributed by atoms with van der Waals surface area (Å²) in [6.45, 7) is 17.4. The molecule has 1 N–H and O–H groups in total. The van der Waals surface area contributed by atoms with E-state index in [1.165, 1.54) is 16.1 Å². The molecular formula is C29H43N3O3S. The molecule has 0 aliphatic carbocycles. The van der Waals surface area contributed by atoms with Crippen molar-refractivity contribution in [2.75, 3.05) is 37.8 Å². The predicted octanol–water partition coefficient (Wildman–Crippen LogP) is 6.27. The van der Waals surface area contributed by atoms with Crippen LogP contribution in [0.1, 0.15) is 83.2 Å². The van der Waals surface area contributed by atoms with Gasteiger partial charge in [0.1, 0.15) is 5.75 Å². The molecule has 2 heterocycles. The van der Waals surface area contributed by atoms with Crippen molar-refractivity contribution >= 4 is 28.5 Å². The maximum absolute atomic E-state index is 12.3. The minimum Gasteiger partial charge on any atom is -0.493 e. The lowest BCUT2D eigenvalue weighted by Crippen LogP contribution is -2.35. The minimum absolute atomic E-state index is 0.0185. The summed E-state index contributed by atoms with van der Waals surface area (Å²) in [6, 6.07) is 10.7. The molecule has 0 atom stereocenters. The zero-order chi connectivity index (χ0) is 26.2. The van der Waals surface area contributed by atoms with Crippen molar-refractivity contribution in [2.45, 2.75) is 78.1 Å². The number of rotatable bonds is 12. The van der Waals surface area contributed by atoms with E-state index in [1.54, 1.807) is 17.6 Å². The van der Waals surface area contributed by atoms with Crippen molar-refractivity contribution in [1.29, 1.82) is 0 Å². The van der Waals surface area contributed by atoms with Crippen LogP contribution in [0.15, 0.2) is 35.4 Å². The molecule has 1 aromatic carbocycles. The molecule has 1 aromatic heterocycles. The van der Waals surface area contributed by atoms with E-state index < -0.39 is 0 Å². The van der Waals surface area contributed by atoms with Gasteiger partial charge in [-0.25, -0.2) is 5.43 Å². The third kappa shape index (κ3) is 7.56. The van der Waals surface area contributed by atoms with Crippen LogP contribution in [0.3, 0.4) is 0 Å². The molecule has 1 fully saturated rings. The summed E-state index contributed by atoms with van der Waals surface area (Å²) in [5.41, 5.74) is 5.37. The van der Waals surface area contributed by atoms with E-state index in [1.807, 2.05) is 6.07 Å². The third-order valence-electron chi connectivity index (χ3n) is 7.38. The van der Waals surface area contributed by atoms with Gasteiger partial charge < -0.3 is 14.4 Å². The first kappa shape index (κ1) is 28.2. The van der Waals surface area contributed by atoms with E-state index in [4.69, 9.17) is 9.47 Å². The number of amides is 1. The first-order chi connectivity index (χ1) is 17.2. The van der Waals surface area contributed by atoms with Gasteiger partial charge in [-0.2, -0.15) is 5.10 Å². The molecule has 3 rings (SSSR count). The van der Waals surface area contributed by atoms with E-state index >= 15 is 0 Å². The van der Waals surface area contributed by atoms with E-state index in [2.05, 4.69) is 81.2 Å². The highest BCUT2D eigenvalue weighted by Crippen LogP contribution is 2.38. The van der Waals surface area contributed by atoms with Crippen molar-refractivity contribution < 1.29 is 14.3 Å². The number of thiophene rings is 1. The van der Waals surface area contributed by atoms with E-state index in [0.717, 1.165) is 49.8 Å². The third-order valence-corrected chi connectivity index (χ3v) is 8.46. The number of hydrogen-bond donors (Lipinski definition) is 1. The molecule has 0 saturated carbocycles. The summed E-state index contributed by atoms with van der Waals surface area (Å²) in [7, 11) is 0. The highest BCUT2D eigenvalue weighted by Gasteiger charge is 2.26. The second-order valence-corrected chi connectivity index (χ2v) is 11.8. The Morgan fingerprint density at radius 2 is 1.83 bits per heavy atom. The van der Waals surface area contributed by atoms with Gasteiger partial charge in [0.2, 0.25) is 5.91 Å². The fourth-order valence-corrected chi connectivity index (χ4v) is 4.93. The average molecular weight is 514 g/mol. The van der Waals surface area contributed by atoms with Gasteiger partial charge in [0, 0.05) is 30.0 Å². The zero-order valence-electron chi connectivity index (χ0n) is 22.9. The number of nitrogens with one attached hydrogen (secondary N) is 1. The Morgan fingerprint density at radius 1 is 1.11 bits per heavy atom. The number of hydrogen-bond acceptors (Lipinski definition) is 6. The molecular weight excluding hydrogens is 470 g/mol. The van der Waals surface area contributed by atoms with Gasteiger partial charge in [0.25, 0.3) is 0 Å². The molecule has 0 unspecified atom stereocenters. The standard InChI is InChI=1S/C29H43N3O3S/c1-7-28(3,4)22-11-13-25(24(20-22)29(5,6)8-2)35-17-9-10-26(33)31-30-21-23-12-14-27(36-23)32-15-18-34-19-16-32/h11-14,20-21H,7-10,15-19H2,1-6H3,(H,31,33). The first-order valence-electron chi connectivity index (χ1n) is 13.2. The molecule has 36 heavy (non-hydrogen) atoms. The Labute approximate surface area is 221 Å². The molecule has 2 aromatic rings. The number of carbonyl (C=O) groups is 1. The summed E-state index contributed by atoms with van der Waals surface area (Å²) < 4.78 is 11.6. The van der Waals surface area contributed by atoms with Crippen LogP contribution in [0.2, 0.25) is 0 Å². The highest BCUT2D eigenvalue weighted by atomic mass is 32.1. The summed E-state index contributed by atoms with van der Waals surface area (Å²) in [4.78, 5) is 15.6. The maximum Gasteiger partial charge on any atom is 0.240 e. The molecule has 1 aliphatic heterocycles. The van der Waals surface area contributed by atoms with E-state index in [9.17, 15) is 4.79 Å². The second-order valence-electron chi connectivity index (χ2n) is 10.7. The SMILES string of the molecule is CCC(C)(C)c1ccc(OCCCC(=O)NN=Cc2ccc(N3CCOCC3)s2)c(C(C)(C)CC)c1. The summed E-state index contributed by atoms with van der Waals surface area (Å²) in [6.07, 6.45) is 4.82. The van der Waals surface area contributed by atoms with Gasteiger partial charge in [0.15, 0.2) is 0 Å². The lowest BCUT2D eigenvalue weighted by molar-refractivity contribution is -0.121. The van der Waals surface area contributed by atoms with Crippen LogP contribution in [-0.2, 0) is 20.4 Å². The topological polar surface area (TPSA) is 63.2 Å². The molecule has 0 radical (unpaired) electrons. The minimum atomic E-state index is -0.103. The largest absolute Gasteiger partial charge is 0.493 e. The van der Waals surface area contributed by atoms with Crippen molar-refractivity contribution in [2.24, 2.45) is 5.10 Å². The first-order valence-corrected chi connectivity index (χ1v) is 14.0. The van der Waals surface area contributed by atoms with Gasteiger partial charge in [-0.15, -0.1) is 11.3 Å².